The molecule has 1 aliphatic heterocycles. The van der Waals surface area contributed by atoms with Crippen molar-refractivity contribution in [2.24, 2.45) is 5.92 Å². The topological polar surface area (TPSA) is 39.7 Å². The van der Waals surface area contributed by atoms with Gasteiger partial charge in [0.25, 0.3) is 0 Å². The average Bonchev–Trinajstić information content (AvgIpc) is 3.24. The highest BCUT2D eigenvalue weighted by atomic mass is 79.9. The lowest BCUT2D eigenvalue weighted by Crippen LogP contribution is -2.37. The van der Waals surface area contributed by atoms with Gasteiger partial charge < -0.3 is 19.5 Å². The molecule has 21 heavy (non-hydrogen) atoms. The maximum absolute atomic E-state index is 5.87. The van der Waals surface area contributed by atoms with Gasteiger partial charge in [-0.05, 0) is 42.9 Å². The van der Waals surface area contributed by atoms with E-state index < -0.39 is 0 Å². The summed E-state index contributed by atoms with van der Waals surface area (Å²) in [7, 11) is 3.31. The standard InChI is InChI=1S/C16H22BrNO3/c1-19-14-7-11(12(17)8-15(14)20-2)9-18-13-5-6-21-16(13)10-3-4-10/h7-8,10,13,16,18H,3-6,9H2,1-2H3. The van der Waals surface area contributed by atoms with Gasteiger partial charge in [-0.25, -0.2) is 0 Å². The summed E-state index contributed by atoms with van der Waals surface area (Å²) in [4.78, 5) is 0. The van der Waals surface area contributed by atoms with Gasteiger partial charge in [-0.3, -0.25) is 0 Å². The zero-order valence-electron chi connectivity index (χ0n) is 12.5. The molecule has 2 fully saturated rings. The maximum atomic E-state index is 5.87. The van der Waals surface area contributed by atoms with Gasteiger partial charge in [-0.1, -0.05) is 15.9 Å². The fraction of sp³-hybridized carbons (Fsp3) is 0.625. The summed E-state index contributed by atoms with van der Waals surface area (Å²) < 4.78 is 17.6. The van der Waals surface area contributed by atoms with Crippen LogP contribution in [0.2, 0.25) is 0 Å². The van der Waals surface area contributed by atoms with Crippen molar-refractivity contribution in [3.05, 3.63) is 22.2 Å². The summed E-state index contributed by atoms with van der Waals surface area (Å²) in [6.07, 6.45) is 4.15. The summed E-state index contributed by atoms with van der Waals surface area (Å²) in [5.74, 6) is 2.28. The molecule has 1 saturated carbocycles. The zero-order chi connectivity index (χ0) is 14.8. The summed E-state index contributed by atoms with van der Waals surface area (Å²) in [5.41, 5.74) is 1.18. The highest BCUT2D eigenvalue weighted by Crippen LogP contribution is 2.39. The van der Waals surface area contributed by atoms with Crippen molar-refractivity contribution in [2.45, 2.75) is 38.0 Å². The molecule has 4 nitrogen and oxygen atoms in total. The van der Waals surface area contributed by atoms with Gasteiger partial charge in [0, 0.05) is 23.7 Å². The second-order valence-electron chi connectivity index (χ2n) is 5.75. The predicted octanol–water partition coefficient (Wildman–Crippen LogP) is 3.12. The van der Waals surface area contributed by atoms with Crippen LogP contribution < -0.4 is 14.8 Å². The predicted molar refractivity (Wildman–Crippen MR) is 85.0 cm³/mol. The van der Waals surface area contributed by atoms with Crippen molar-refractivity contribution in [3.8, 4) is 11.5 Å². The minimum absolute atomic E-state index is 0.406. The normalized spacial score (nSPS) is 25.1. The first-order valence-electron chi connectivity index (χ1n) is 7.48. The number of halogens is 1. The van der Waals surface area contributed by atoms with Crippen molar-refractivity contribution in [3.63, 3.8) is 0 Å². The van der Waals surface area contributed by atoms with Gasteiger partial charge in [0.1, 0.15) is 0 Å². The quantitative estimate of drug-likeness (QED) is 0.850. The summed E-state index contributed by atoms with van der Waals surface area (Å²) in [6, 6.07) is 4.45. The van der Waals surface area contributed by atoms with Crippen molar-refractivity contribution in [1.82, 2.24) is 5.32 Å². The Labute approximate surface area is 134 Å². The van der Waals surface area contributed by atoms with E-state index >= 15 is 0 Å². The van der Waals surface area contributed by atoms with Gasteiger partial charge >= 0.3 is 0 Å². The molecule has 2 atom stereocenters. The van der Waals surface area contributed by atoms with Crippen molar-refractivity contribution >= 4 is 15.9 Å². The lowest BCUT2D eigenvalue weighted by atomic mass is 10.1. The van der Waals surface area contributed by atoms with Crippen molar-refractivity contribution < 1.29 is 14.2 Å². The average molecular weight is 356 g/mol. The van der Waals surface area contributed by atoms with Crippen LogP contribution in [0.25, 0.3) is 0 Å². The SMILES string of the molecule is COc1cc(Br)c(CNC2CCOC2C2CC2)cc1OC. The van der Waals surface area contributed by atoms with Crippen LogP contribution in [0.5, 0.6) is 11.5 Å². The van der Waals surface area contributed by atoms with E-state index in [9.17, 15) is 0 Å². The van der Waals surface area contributed by atoms with Crippen molar-refractivity contribution in [1.29, 1.82) is 0 Å². The van der Waals surface area contributed by atoms with E-state index in [1.165, 1.54) is 18.4 Å². The van der Waals surface area contributed by atoms with Crippen molar-refractivity contribution in [2.75, 3.05) is 20.8 Å². The fourth-order valence-electron chi connectivity index (χ4n) is 2.99. The van der Waals surface area contributed by atoms with Crippen LogP contribution in [0.3, 0.4) is 0 Å². The first-order chi connectivity index (χ1) is 10.2. The number of hydrogen-bond donors (Lipinski definition) is 1. The molecule has 1 saturated heterocycles. The Hall–Kier alpha value is -0.780. The molecule has 0 amide bonds. The lowest BCUT2D eigenvalue weighted by molar-refractivity contribution is 0.0808. The Morgan fingerprint density at radius 1 is 1.19 bits per heavy atom. The Bertz CT molecular complexity index is 505. The molecular weight excluding hydrogens is 334 g/mol. The number of ether oxygens (including phenoxy) is 3. The molecule has 1 heterocycles. The van der Waals surface area contributed by atoms with E-state index in [1.54, 1.807) is 14.2 Å². The minimum atomic E-state index is 0.406. The molecule has 1 aliphatic carbocycles. The fourth-order valence-corrected chi connectivity index (χ4v) is 3.45. The van der Waals surface area contributed by atoms with Crippen LogP contribution in [-0.2, 0) is 11.3 Å². The minimum Gasteiger partial charge on any atom is -0.493 e. The van der Waals surface area contributed by atoms with E-state index in [-0.39, 0.29) is 0 Å². The molecule has 116 valence electrons. The summed E-state index contributed by atoms with van der Waals surface area (Å²) >= 11 is 3.61. The van der Waals surface area contributed by atoms with E-state index in [1.807, 2.05) is 12.1 Å². The number of rotatable bonds is 6. The van der Waals surface area contributed by atoms with E-state index in [4.69, 9.17) is 14.2 Å². The molecule has 1 aromatic carbocycles. The molecule has 0 aromatic heterocycles. The van der Waals surface area contributed by atoms with Gasteiger partial charge in [0.15, 0.2) is 11.5 Å². The summed E-state index contributed by atoms with van der Waals surface area (Å²) in [5, 5.41) is 3.65. The molecule has 5 heteroatoms. The van der Waals surface area contributed by atoms with Crippen LogP contribution in [0.15, 0.2) is 16.6 Å². The van der Waals surface area contributed by atoms with Crippen LogP contribution >= 0.6 is 15.9 Å². The van der Waals surface area contributed by atoms with E-state index in [0.29, 0.717) is 12.1 Å². The van der Waals surface area contributed by atoms with E-state index in [0.717, 1.165) is 41.5 Å². The molecule has 0 bridgehead atoms. The number of hydrogen-bond acceptors (Lipinski definition) is 4. The molecule has 1 N–H and O–H groups in total. The third-order valence-corrected chi connectivity index (χ3v) is 5.07. The largest absolute Gasteiger partial charge is 0.493 e. The Morgan fingerprint density at radius 2 is 1.90 bits per heavy atom. The molecule has 0 spiro atoms. The number of nitrogens with one attached hydrogen (secondary N) is 1. The number of benzene rings is 1. The first kappa shape index (κ1) is 15.1. The molecule has 3 rings (SSSR count). The first-order valence-corrected chi connectivity index (χ1v) is 8.27. The van der Waals surface area contributed by atoms with Crippen LogP contribution in [0.4, 0.5) is 0 Å². The molecular formula is C16H22BrNO3. The lowest BCUT2D eigenvalue weighted by Gasteiger charge is -2.20. The highest BCUT2D eigenvalue weighted by Gasteiger charge is 2.40. The Kier molecular flexibility index (Phi) is 4.72. The maximum Gasteiger partial charge on any atom is 0.161 e. The Balaban J connectivity index is 1.67. The third-order valence-electron chi connectivity index (χ3n) is 4.33. The highest BCUT2D eigenvalue weighted by molar-refractivity contribution is 9.10. The van der Waals surface area contributed by atoms with Gasteiger partial charge in [-0.15, -0.1) is 0 Å². The molecule has 2 aliphatic rings. The zero-order valence-corrected chi connectivity index (χ0v) is 14.1. The second-order valence-corrected chi connectivity index (χ2v) is 6.60. The monoisotopic (exact) mass is 355 g/mol. The van der Waals surface area contributed by atoms with Gasteiger partial charge in [0.2, 0.25) is 0 Å². The summed E-state index contributed by atoms with van der Waals surface area (Å²) in [6.45, 7) is 1.68. The van der Waals surface area contributed by atoms with Gasteiger partial charge in [-0.2, -0.15) is 0 Å². The van der Waals surface area contributed by atoms with Crippen LogP contribution in [0, 0.1) is 5.92 Å². The smallest absolute Gasteiger partial charge is 0.161 e. The van der Waals surface area contributed by atoms with Gasteiger partial charge in [0.05, 0.1) is 20.3 Å². The molecule has 0 radical (unpaired) electrons. The molecule has 1 aromatic rings. The Morgan fingerprint density at radius 3 is 2.57 bits per heavy atom. The van der Waals surface area contributed by atoms with Crippen LogP contribution in [-0.4, -0.2) is 33.0 Å². The second kappa shape index (κ2) is 6.55. The molecule has 2 unspecified atom stereocenters. The van der Waals surface area contributed by atoms with Crippen LogP contribution in [0.1, 0.15) is 24.8 Å². The van der Waals surface area contributed by atoms with E-state index in [2.05, 4.69) is 21.2 Å². The third kappa shape index (κ3) is 3.35. The number of methoxy groups -OCH3 is 2.